The van der Waals surface area contributed by atoms with E-state index in [1.807, 2.05) is 6.92 Å². The van der Waals surface area contributed by atoms with Gasteiger partial charge in [0.1, 0.15) is 17.1 Å². The number of carboxylic acids is 1. The number of ether oxygens (including phenoxy) is 1. The molecule has 0 bridgehead atoms. The van der Waals surface area contributed by atoms with Crippen LogP contribution in [0.15, 0.2) is 36.7 Å². The topological polar surface area (TPSA) is 59.4 Å². The van der Waals surface area contributed by atoms with E-state index in [9.17, 15) is 4.79 Å². The van der Waals surface area contributed by atoms with Crippen molar-refractivity contribution in [3.05, 3.63) is 52.8 Å². The molecule has 92 valence electrons. The minimum atomic E-state index is -1.08. The van der Waals surface area contributed by atoms with E-state index in [1.54, 1.807) is 18.2 Å². The molecule has 0 unspecified atom stereocenters. The van der Waals surface area contributed by atoms with Crippen molar-refractivity contribution in [2.45, 2.75) is 6.92 Å². The fourth-order valence-corrected chi connectivity index (χ4v) is 1.70. The van der Waals surface area contributed by atoms with Crippen molar-refractivity contribution in [1.82, 2.24) is 4.98 Å². The molecule has 0 radical (unpaired) electrons. The third-order valence-electron chi connectivity index (χ3n) is 2.37. The first-order valence-electron chi connectivity index (χ1n) is 5.19. The van der Waals surface area contributed by atoms with Crippen LogP contribution < -0.4 is 4.74 Å². The lowest BCUT2D eigenvalue weighted by molar-refractivity contribution is 0.0693. The van der Waals surface area contributed by atoms with Crippen molar-refractivity contribution >= 4 is 17.6 Å². The van der Waals surface area contributed by atoms with Crippen molar-refractivity contribution in [2.75, 3.05) is 0 Å². The van der Waals surface area contributed by atoms with E-state index >= 15 is 0 Å². The molecule has 0 aliphatic heterocycles. The maximum atomic E-state index is 11.0. The molecule has 0 fully saturated rings. The molecular formula is C13H10ClNO3. The molecule has 1 N–H and O–H groups in total. The SMILES string of the molecule is Cc1cc(Cl)ccc1Oc1ccncc1C(=O)O. The van der Waals surface area contributed by atoms with Gasteiger partial charge in [0.05, 0.1) is 0 Å². The molecule has 0 aliphatic carbocycles. The van der Waals surface area contributed by atoms with Crippen molar-refractivity contribution < 1.29 is 14.6 Å². The summed E-state index contributed by atoms with van der Waals surface area (Å²) in [5.41, 5.74) is 0.850. The number of hydrogen-bond acceptors (Lipinski definition) is 3. The molecule has 0 saturated carbocycles. The Morgan fingerprint density at radius 3 is 2.78 bits per heavy atom. The highest BCUT2D eigenvalue weighted by atomic mass is 35.5. The molecule has 2 aromatic rings. The number of carboxylic acid groups (broad SMARTS) is 1. The Morgan fingerprint density at radius 1 is 1.33 bits per heavy atom. The summed E-state index contributed by atoms with van der Waals surface area (Å²) < 4.78 is 5.58. The van der Waals surface area contributed by atoms with Gasteiger partial charge < -0.3 is 9.84 Å². The number of carbonyl (C=O) groups is 1. The van der Waals surface area contributed by atoms with E-state index < -0.39 is 5.97 Å². The number of benzene rings is 1. The highest BCUT2D eigenvalue weighted by Gasteiger charge is 2.12. The first-order chi connectivity index (χ1) is 8.58. The van der Waals surface area contributed by atoms with Gasteiger partial charge in [-0.3, -0.25) is 4.98 Å². The molecule has 0 spiro atoms. The normalized spacial score (nSPS) is 10.1. The summed E-state index contributed by atoms with van der Waals surface area (Å²) in [6.07, 6.45) is 2.73. The van der Waals surface area contributed by atoms with Crippen LogP contribution in [0.5, 0.6) is 11.5 Å². The largest absolute Gasteiger partial charge is 0.477 e. The molecule has 1 heterocycles. The van der Waals surface area contributed by atoms with Crippen LogP contribution in [-0.2, 0) is 0 Å². The maximum absolute atomic E-state index is 11.0. The smallest absolute Gasteiger partial charge is 0.341 e. The summed E-state index contributed by atoms with van der Waals surface area (Å²) in [5.74, 6) is -0.263. The third-order valence-corrected chi connectivity index (χ3v) is 2.60. The Morgan fingerprint density at radius 2 is 2.11 bits per heavy atom. The van der Waals surface area contributed by atoms with Gasteiger partial charge in [-0.15, -0.1) is 0 Å². The van der Waals surface area contributed by atoms with E-state index in [0.717, 1.165) is 5.56 Å². The van der Waals surface area contributed by atoms with E-state index in [2.05, 4.69) is 4.98 Å². The van der Waals surface area contributed by atoms with Crippen LogP contribution in [-0.4, -0.2) is 16.1 Å². The van der Waals surface area contributed by atoms with E-state index in [-0.39, 0.29) is 11.3 Å². The van der Waals surface area contributed by atoms with Crippen LogP contribution in [0.1, 0.15) is 15.9 Å². The highest BCUT2D eigenvalue weighted by molar-refractivity contribution is 6.30. The van der Waals surface area contributed by atoms with Crippen molar-refractivity contribution in [3.63, 3.8) is 0 Å². The second kappa shape index (κ2) is 5.06. The van der Waals surface area contributed by atoms with Crippen molar-refractivity contribution in [1.29, 1.82) is 0 Å². The number of aromatic carboxylic acids is 1. The highest BCUT2D eigenvalue weighted by Crippen LogP contribution is 2.29. The molecule has 0 amide bonds. The summed E-state index contributed by atoms with van der Waals surface area (Å²) in [6, 6.07) is 6.64. The van der Waals surface area contributed by atoms with Gasteiger partial charge in [0.25, 0.3) is 0 Å². The number of nitrogens with zero attached hydrogens (tertiary/aromatic N) is 1. The van der Waals surface area contributed by atoms with Gasteiger partial charge in [0.15, 0.2) is 0 Å². The zero-order valence-electron chi connectivity index (χ0n) is 9.55. The second-order valence-corrected chi connectivity index (χ2v) is 4.13. The molecule has 0 saturated heterocycles. The van der Waals surface area contributed by atoms with Crippen LogP contribution >= 0.6 is 11.6 Å². The maximum Gasteiger partial charge on any atom is 0.341 e. The molecule has 0 atom stereocenters. The van der Waals surface area contributed by atoms with Gasteiger partial charge in [0, 0.05) is 23.5 Å². The quantitative estimate of drug-likeness (QED) is 0.920. The molecule has 0 aliphatic rings. The molecular weight excluding hydrogens is 254 g/mol. The Balaban J connectivity index is 2.37. The minimum Gasteiger partial charge on any atom is -0.477 e. The van der Waals surface area contributed by atoms with E-state index in [0.29, 0.717) is 10.8 Å². The van der Waals surface area contributed by atoms with Crippen molar-refractivity contribution in [2.24, 2.45) is 0 Å². The van der Waals surface area contributed by atoms with Gasteiger partial charge in [0.2, 0.25) is 0 Å². The summed E-state index contributed by atoms with van der Waals surface area (Å²) in [6.45, 7) is 1.84. The monoisotopic (exact) mass is 263 g/mol. The fraction of sp³-hybridized carbons (Fsp3) is 0.0769. The average Bonchev–Trinajstić information content (AvgIpc) is 2.33. The lowest BCUT2D eigenvalue weighted by Crippen LogP contribution is -2.01. The lowest BCUT2D eigenvalue weighted by atomic mass is 10.2. The molecule has 18 heavy (non-hydrogen) atoms. The fourth-order valence-electron chi connectivity index (χ4n) is 1.48. The summed E-state index contributed by atoms with van der Waals surface area (Å²) >= 11 is 5.84. The van der Waals surface area contributed by atoms with Gasteiger partial charge in [-0.05, 0) is 30.7 Å². The van der Waals surface area contributed by atoms with Crippen LogP contribution in [0.3, 0.4) is 0 Å². The molecule has 4 nitrogen and oxygen atoms in total. The average molecular weight is 264 g/mol. The first kappa shape index (κ1) is 12.4. The minimum absolute atomic E-state index is 0.0202. The van der Waals surface area contributed by atoms with Gasteiger partial charge >= 0.3 is 5.97 Å². The van der Waals surface area contributed by atoms with Crippen LogP contribution in [0.25, 0.3) is 0 Å². The first-order valence-corrected chi connectivity index (χ1v) is 5.57. The Bertz CT molecular complexity index is 599. The van der Waals surface area contributed by atoms with Crippen molar-refractivity contribution in [3.8, 4) is 11.5 Å². The Hall–Kier alpha value is -2.07. The van der Waals surface area contributed by atoms with Crippen LogP contribution in [0, 0.1) is 6.92 Å². The van der Waals surface area contributed by atoms with Gasteiger partial charge in [-0.25, -0.2) is 4.79 Å². The number of aromatic nitrogens is 1. The van der Waals surface area contributed by atoms with E-state index in [1.165, 1.54) is 18.5 Å². The molecule has 5 heteroatoms. The molecule has 2 rings (SSSR count). The van der Waals surface area contributed by atoms with Gasteiger partial charge in [-0.2, -0.15) is 0 Å². The number of pyridine rings is 1. The summed E-state index contributed by atoms with van der Waals surface area (Å²) in [4.78, 5) is 14.8. The summed E-state index contributed by atoms with van der Waals surface area (Å²) in [5, 5.41) is 9.62. The third kappa shape index (κ3) is 2.60. The summed E-state index contributed by atoms with van der Waals surface area (Å²) in [7, 11) is 0. The number of hydrogen-bond donors (Lipinski definition) is 1. The number of halogens is 1. The molecule has 1 aromatic carbocycles. The van der Waals surface area contributed by atoms with Gasteiger partial charge in [-0.1, -0.05) is 11.6 Å². The lowest BCUT2D eigenvalue weighted by Gasteiger charge is -2.10. The Labute approximate surface area is 109 Å². The predicted molar refractivity (Wildman–Crippen MR) is 67.5 cm³/mol. The zero-order valence-corrected chi connectivity index (χ0v) is 10.3. The predicted octanol–water partition coefficient (Wildman–Crippen LogP) is 3.53. The molecule has 1 aromatic heterocycles. The Kier molecular flexibility index (Phi) is 3.48. The van der Waals surface area contributed by atoms with E-state index in [4.69, 9.17) is 21.4 Å². The zero-order chi connectivity index (χ0) is 13.1. The number of rotatable bonds is 3. The van der Waals surface area contributed by atoms with Crippen LogP contribution in [0.2, 0.25) is 5.02 Å². The standard InChI is InChI=1S/C13H10ClNO3/c1-8-6-9(14)2-3-11(8)18-12-4-5-15-7-10(12)13(16)17/h2-7H,1H3,(H,16,17). The number of aryl methyl sites for hydroxylation is 1. The van der Waals surface area contributed by atoms with Crippen LogP contribution in [0.4, 0.5) is 0 Å². The second-order valence-electron chi connectivity index (χ2n) is 3.69.